The molecule has 0 aliphatic heterocycles. The van der Waals surface area contributed by atoms with Crippen LogP contribution in [0.2, 0.25) is 0 Å². The van der Waals surface area contributed by atoms with Crippen molar-refractivity contribution in [2.75, 3.05) is 13.7 Å². The number of rotatable bonds is 8. The lowest BCUT2D eigenvalue weighted by Crippen LogP contribution is -2.32. The molecule has 1 heterocycles. The molecule has 3 aromatic rings. The maximum absolute atomic E-state index is 13.4. The van der Waals surface area contributed by atoms with E-state index in [9.17, 15) is 16.8 Å². The number of aromatic nitrogens is 1. The number of sulfonamides is 1. The normalized spacial score (nSPS) is 13.0. The Labute approximate surface area is 183 Å². The first-order chi connectivity index (χ1) is 14.6. The molecule has 1 atom stereocenters. The van der Waals surface area contributed by atoms with Crippen molar-refractivity contribution in [3.05, 3.63) is 83.7 Å². The molecule has 31 heavy (non-hydrogen) atoms. The van der Waals surface area contributed by atoms with E-state index >= 15 is 0 Å². The lowest BCUT2D eigenvalue weighted by atomic mass is 10.2. The van der Waals surface area contributed by atoms with E-state index in [1.807, 2.05) is 6.92 Å². The van der Waals surface area contributed by atoms with Gasteiger partial charge in [0.05, 0.1) is 16.9 Å². The second-order valence-corrected chi connectivity index (χ2v) is 11.0. The van der Waals surface area contributed by atoms with Gasteiger partial charge in [-0.25, -0.2) is 21.6 Å². The Balaban J connectivity index is 1.94. The van der Waals surface area contributed by atoms with Crippen molar-refractivity contribution < 1.29 is 21.6 Å². The number of methoxy groups -OCH3 is 1. The van der Waals surface area contributed by atoms with E-state index in [1.54, 1.807) is 37.3 Å². The second kappa shape index (κ2) is 9.17. The van der Waals surface area contributed by atoms with Crippen molar-refractivity contribution in [2.45, 2.75) is 28.9 Å². The van der Waals surface area contributed by atoms with Crippen LogP contribution >= 0.6 is 0 Å². The summed E-state index contributed by atoms with van der Waals surface area (Å²) in [5, 5.41) is -1.14. The lowest BCUT2D eigenvalue weighted by molar-refractivity contribution is 0.411. The second-order valence-electron chi connectivity index (χ2n) is 7.12. The first kappa shape index (κ1) is 22.9. The minimum absolute atomic E-state index is 0.0310. The summed E-state index contributed by atoms with van der Waals surface area (Å²) in [6.07, 6.45) is 2.96. The van der Waals surface area contributed by atoms with Crippen molar-refractivity contribution in [3.63, 3.8) is 0 Å². The fourth-order valence-electron chi connectivity index (χ4n) is 3.15. The summed E-state index contributed by atoms with van der Waals surface area (Å²) in [6, 6.07) is 14.2. The molecule has 0 aliphatic rings. The first-order valence-electron chi connectivity index (χ1n) is 9.50. The van der Waals surface area contributed by atoms with Crippen molar-refractivity contribution in [3.8, 4) is 5.75 Å². The van der Waals surface area contributed by atoms with Crippen molar-refractivity contribution in [1.29, 1.82) is 0 Å². The third kappa shape index (κ3) is 5.12. The molecule has 0 amide bonds. The Hall–Kier alpha value is -2.75. The standard InChI is InChI=1S/C22H24N2O5S2/c1-16-6-8-19(9-7-16)30(25,26)22(18-5-4-12-23-14-18)15-24-31(27,28)20-10-11-21(29-3)17(2)13-20/h4-14,22,24H,15H2,1-3H3/t22-/m0/s1. The number of ether oxygens (including phenoxy) is 1. The first-order valence-corrected chi connectivity index (χ1v) is 12.5. The maximum atomic E-state index is 13.4. The average molecular weight is 461 g/mol. The smallest absolute Gasteiger partial charge is 0.240 e. The van der Waals surface area contributed by atoms with Crippen LogP contribution in [-0.4, -0.2) is 35.5 Å². The van der Waals surface area contributed by atoms with Gasteiger partial charge in [-0.3, -0.25) is 4.98 Å². The molecule has 0 radical (unpaired) electrons. The molecular weight excluding hydrogens is 436 g/mol. The van der Waals surface area contributed by atoms with Gasteiger partial charge < -0.3 is 4.74 Å². The molecule has 3 rings (SSSR count). The van der Waals surface area contributed by atoms with E-state index in [4.69, 9.17) is 4.74 Å². The molecule has 1 aromatic heterocycles. The summed E-state index contributed by atoms with van der Waals surface area (Å²) >= 11 is 0. The van der Waals surface area contributed by atoms with Gasteiger partial charge in [0.15, 0.2) is 9.84 Å². The topological polar surface area (TPSA) is 102 Å². The molecule has 0 saturated carbocycles. The fraction of sp³-hybridized carbons (Fsp3) is 0.227. The highest BCUT2D eigenvalue weighted by Gasteiger charge is 2.31. The van der Waals surface area contributed by atoms with Gasteiger partial charge in [0, 0.05) is 18.9 Å². The number of hydrogen-bond acceptors (Lipinski definition) is 6. The van der Waals surface area contributed by atoms with Crippen LogP contribution in [0.1, 0.15) is 21.9 Å². The van der Waals surface area contributed by atoms with Crippen LogP contribution in [0, 0.1) is 13.8 Å². The zero-order chi connectivity index (χ0) is 22.6. The number of hydrogen-bond donors (Lipinski definition) is 1. The number of nitrogens with zero attached hydrogens (tertiary/aromatic N) is 1. The Bertz CT molecular complexity index is 1260. The highest BCUT2D eigenvalue weighted by Crippen LogP contribution is 2.29. The maximum Gasteiger partial charge on any atom is 0.240 e. The minimum atomic E-state index is -3.95. The van der Waals surface area contributed by atoms with Crippen molar-refractivity contribution in [2.24, 2.45) is 0 Å². The molecular formula is C22H24N2O5S2. The van der Waals surface area contributed by atoms with Crippen molar-refractivity contribution >= 4 is 19.9 Å². The van der Waals surface area contributed by atoms with Crippen LogP contribution in [0.3, 0.4) is 0 Å². The molecule has 0 unspecified atom stereocenters. The third-order valence-corrected chi connectivity index (χ3v) is 8.45. The molecule has 0 bridgehead atoms. The Kier molecular flexibility index (Phi) is 6.78. The third-order valence-electron chi connectivity index (χ3n) is 4.92. The van der Waals surface area contributed by atoms with Gasteiger partial charge in [-0.1, -0.05) is 23.8 Å². The molecule has 0 fully saturated rings. The zero-order valence-electron chi connectivity index (χ0n) is 17.4. The summed E-state index contributed by atoms with van der Waals surface area (Å²) in [6.45, 7) is 3.26. The van der Waals surface area contributed by atoms with Gasteiger partial charge in [-0.2, -0.15) is 0 Å². The van der Waals surface area contributed by atoms with Crippen LogP contribution < -0.4 is 9.46 Å². The van der Waals surface area contributed by atoms with E-state index in [1.165, 1.54) is 43.8 Å². The van der Waals surface area contributed by atoms with Gasteiger partial charge in [-0.15, -0.1) is 0 Å². The molecule has 2 aromatic carbocycles. The highest BCUT2D eigenvalue weighted by molar-refractivity contribution is 7.92. The summed E-state index contributed by atoms with van der Waals surface area (Å²) < 4.78 is 60.1. The molecule has 0 saturated heterocycles. The summed E-state index contributed by atoms with van der Waals surface area (Å²) in [4.78, 5) is 4.15. The van der Waals surface area contributed by atoms with Crippen LogP contribution in [0.5, 0.6) is 5.75 Å². The lowest BCUT2D eigenvalue weighted by Gasteiger charge is -2.19. The minimum Gasteiger partial charge on any atom is -0.496 e. The van der Waals surface area contributed by atoms with E-state index in [-0.39, 0.29) is 16.3 Å². The van der Waals surface area contributed by atoms with Crippen LogP contribution in [0.25, 0.3) is 0 Å². The molecule has 1 N–H and O–H groups in total. The molecule has 9 heteroatoms. The summed E-state index contributed by atoms with van der Waals surface area (Å²) in [5.74, 6) is 0.564. The predicted octanol–water partition coefficient (Wildman–Crippen LogP) is 3.20. The van der Waals surface area contributed by atoms with Gasteiger partial charge in [-0.05, 0) is 61.4 Å². The summed E-state index contributed by atoms with van der Waals surface area (Å²) in [7, 11) is -6.33. The molecule has 164 valence electrons. The van der Waals surface area contributed by atoms with E-state index in [0.717, 1.165) is 5.56 Å². The van der Waals surface area contributed by atoms with E-state index in [0.29, 0.717) is 16.9 Å². The van der Waals surface area contributed by atoms with Gasteiger partial charge in [0.25, 0.3) is 0 Å². The largest absolute Gasteiger partial charge is 0.496 e. The van der Waals surface area contributed by atoms with Crippen LogP contribution in [0.4, 0.5) is 0 Å². The van der Waals surface area contributed by atoms with Crippen molar-refractivity contribution in [1.82, 2.24) is 9.71 Å². The highest BCUT2D eigenvalue weighted by atomic mass is 32.2. The monoisotopic (exact) mass is 460 g/mol. The molecule has 0 aliphatic carbocycles. The van der Waals surface area contributed by atoms with E-state index in [2.05, 4.69) is 9.71 Å². The number of nitrogens with one attached hydrogen (secondary N) is 1. The number of sulfone groups is 1. The quantitative estimate of drug-likeness (QED) is 0.554. The fourth-order valence-corrected chi connectivity index (χ4v) is 6.03. The molecule has 0 spiro atoms. The van der Waals surface area contributed by atoms with Gasteiger partial charge in [0.2, 0.25) is 10.0 Å². The molecule has 7 nitrogen and oxygen atoms in total. The number of benzene rings is 2. The van der Waals surface area contributed by atoms with E-state index < -0.39 is 25.1 Å². The SMILES string of the molecule is COc1ccc(S(=O)(=O)NC[C@@H](c2cccnc2)S(=O)(=O)c2ccc(C)cc2)cc1C. The number of aryl methyl sites for hydroxylation is 2. The van der Waals surface area contributed by atoms with Crippen LogP contribution in [0.15, 0.2) is 76.8 Å². The summed E-state index contributed by atoms with van der Waals surface area (Å²) in [5.41, 5.74) is 1.98. The Morgan fingerprint density at radius 2 is 1.65 bits per heavy atom. The van der Waals surface area contributed by atoms with Gasteiger partial charge in [0.1, 0.15) is 11.0 Å². The van der Waals surface area contributed by atoms with Gasteiger partial charge >= 0.3 is 0 Å². The van der Waals surface area contributed by atoms with Crippen LogP contribution in [-0.2, 0) is 19.9 Å². The predicted molar refractivity (Wildman–Crippen MR) is 118 cm³/mol. The Morgan fingerprint density at radius 3 is 2.23 bits per heavy atom. The zero-order valence-corrected chi connectivity index (χ0v) is 19.1. The Morgan fingerprint density at radius 1 is 0.968 bits per heavy atom. The average Bonchev–Trinajstić information content (AvgIpc) is 2.74. The number of pyridine rings is 1.